The number of carbonyl (C=O) groups excluding carboxylic acids is 1. The number of para-hydroxylation sites is 2. The highest BCUT2D eigenvalue weighted by Gasteiger charge is 2.39. The average molecular weight is 292 g/mol. The second-order valence-electron chi connectivity index (χ2n) is 5.87. The molecule has 0 aliphatic heterocycles. The number of hydrogen-bond acceptors (Lipinski definition) is 3. The first-order valence-electron chi connectivity index (χ1n) is 7.47. The number of carbonyl (C=O) groups is 1. The van der Waals surface area contributed by atoms with Gasteiger partial charge in [0, 0.05) is 17.2 Å². The van der Waals surface area contributed by atoms with E-state index in [1.165, 1.54) is 0 Å². The van der Waals surface area contributed by atoms with Gasteiger partial charge in [-0.15, -0.1) is 0 Å². The molecular weight excluding hydrogens is 276 g/mol. The summed E-state index contributed by atoms with van der Waals surface area (Å²) in [5.41, 5.74) is 3.33. The van der Waals surface area contributed by atoms with E-state index in [1.54, 1.807) is 0 Å². The van der Waals surface area contributed by atoms with Gasteiger partial charge in [-0.1, -0.05) is 19.1 Å². The molecule has 4 rings (SSSR count). The quantitative estimate of drug-likeness (QED) is 0.791. The van der Waals surface area contributed by atoms with Crippen molar-refractivity contribution >= 4 is 22.7 Å². The van der Waals surface area contributed by atoms with Gasteiger partial charge in [-0.25, -0.2) is 4.98 Å². The Bertz CT molecular complexity index is 803. The summed E-state index contributed by atoms with van der Waals surface area (Å²) in [5.74, 6) is 1.40. The molecule has 3 aromatic rings. The van der Waals surface area contributed by atoms with Gasteiger partial charge in [-0.3, -0.25) is 4.79 Å². The zero-order valence-corrected chi connectivity index (χ0v) is 12.2. The van der Waals surface area contributed by atoms with Crippen LogP contribution in [0.2, 0.25) is 0 Å². The van der Waals surface area contributed by atoms with Crippen LogP contribution in [0.1, 0.15) is 13.3 Å². The molecule has 4 nitrogen and oxygen atoms in total. The van der Waals surface area contributed by atoms with E-state index >= 15 is 0 Å². The Morgan fingerprint density at radius 3 is 2.59 bits per heavy atom. The molecule has 4 heteroatoms. The molecule has 0 bridgehead atoms. The molecular formula is C18H16N2O2. The SMILES string of the molecule is CC1CC1C(=O)Nc1ccc(-c2nc3ccccc3o2)cc1. The Hall–Kier alpha value is -2.62. The molecule has 1 saturated carbocycles. The number of amides is 1. The first-order chi connectivity index (χ1) is 10.7. The number of nitrogens with one attached hydrogen (secondary N) is 1. The highest BCUT2D eigenvalue weighted by atomic mass is 16.3. The Balaban J connectivity index is 1.54. The third-order valence-electron chi connectivity index (χ3n) is 4.14. The standard InChI is InChI=1S/C18H16N2O2/c1-11-10-14(11)17(21)19-13-8-6-12(7-9-13)18-20-15-4-2-3-5-16(15)22-18/h2-9,11,14H,10H2,1H3,(H,19,21). The molecule has 1 heterocycles. The van der Waals surface area contributed by atoms with Crippen LogP contribution in [0.4, 0.5) is 5.69 Å². The maximum Gasteiger partial charge on any atom is 0.227 e. The molecule has 1 aliphatic carbocycles. The van der Waals surface area contributed by atoms with Crippen LogP contribution in [0, 0.1) is 11.8 Å². The van der Waals surface area contributed by atoms with Gasteiger partial charge in [0.05, 0.1) is 0 Å². The summed E-state index contributed by atoms with van der Waals surface area (Å²) >= 11 is 0. The van der Waals surface area contributed by atoms with Crippen LogP contribution >= 0.6 is 0 Å². The van der Waals surface area contributed by atoms with Crippen molar-refractivity contribution in [3.05, 3.63) is 48.5 Å². The van der Waals surface area contributed by atoms with E-state index in [-0.39, 0.29) is 11.8 Å². The average Bonchev–Trinajstić information content (AvgIpc) is 3.11. The largest absolute Gasteiger partial charge is 0.436 e. The fourth-order valence-corrected chi connectivity index (χ4v) is 2.61. The molecule has 2 unspecified atom stereocenters. The van der Waals surface area contributed by atoms with Crippen molar-refractivity contribution < 1.29 is 9.21 Å². The highest BCUT2D eigenvalue weighted by molar-refractivity contribution is 5.94. The number of oxazole rings is 1. The second kappa shape index (κ2) is 4.98. The van der Waals surface area contributed by atoms with E-state index < -0.39 is 0 Å². The summed E-state index contributed by atoms with van der Waals surface area (Å²) < 4.78 is 5.74. The normalized spacial score (nSPS) is 20.0. The number of hydrogen-bond donors (Lipinski definition) is 1. The second-order valence-corrected chi connectivity index (χ2v) is 5.87. The van der Waals surface area contributed by atoms with Gasteiger partial charge in [0.1, 0.15) is 5.52 Å². The van der Waals surface area contributed by atoms with Crippen LogP contribution in [-0.4, -0.2) is 10.9 Å². The van der Waals surface area contributed by atoms with Gasteiger partial charge >= 0.3 is 0 Å². The lowest BCUT2D eigenvalue weighted by atomic mass is 10.2. The summed E-state index contributed by atoms with van der Waals surface area (Å²) in [6.07, 6.45) is 0.993. The van der Waals surface area contributed by atoms with Crippen molar-refractivity contribution in [3.8, 4) is 11.5 Å². The molecule has 1 N–H and O–H groups in total. The van der Waals surface area contributed by atoms with E-state index in [1.807, 2.05) is 48.5 Å². The number of benzene rings is 2. The molecule has 2 aromatic carbocycles. The lowest BCUT2D eigenvalue weighted by Gasteiger charge is -2.04. The topological polar surface area (TPSA) is 55.1 Å². The van der Waals surface area contributed by atoms with Crippen molar-refractivity contribution in [2.45, 2.75) is 13.3 Å². The van der Waals surface area contributed by atoms with Crippen LogP contribution in [0.15, 0.2) is 52.9 Å². The van der Waals surface area contributed by atoms with Crippen LogP contribution in [0.5, 0.6) is 0 Å². The summed E-state index contributed by atoms with van der Waals surface area (Å²) in [5, 5.41) is 2.95. The Morgan fingerprint density at radius 2 is 1.91 bits per heavy atom. The fraction of sp³-hybridized carbons (Fsp3) is 0.222. The van der Waals surface area contributed by atoms with Gasteiger partial charge in [0.2, 0.25) is 11.8 Å². The summed E-state index contributed by atoms with van der Waals surface area (Å²) in [4.78, 5) is 16.4. The van der Waals surface area contributed by atoms with Gasteiger partial charge in [-0.05, 0) is 48.7 Å². The minimum absolute atomic E-state index is 0.113. The molecule has 0 saturated heterocycles. The van der Waals surface area contributed by atoms with E-state index in [4.69, 9.17) is 4.42 Å². The fourth-order valence-electron chi connectivity index (χ4n) is 2.61. The number of aromatic nitrogens is 1. The lowest BCUT2D eigenvalue weighted by Crippen LogP contribution is -2.14. The van der Waals surface area contributed by atoms with Gasteiger partial charge in [0.15, 0.2) is 5.58 Å². The first-order valence-corrected chi connectivity index (χ1v) is 7.47. The predicted octanol–water partition coefficient (Wildman–Crippen LogP) is 4.09. The summed E-state index contributed by atoms with van der Waals surface area (Å²) in [6, 6.07) is 15.3. The molecule has 1 aliphatic rings. The smallest absolute Gasteiger partial charge is 0.227 e. The molecule has 110 valence electrons. The zero-order chi connectivity index (χ0) is 15.1. The minimum atomic E-state index is 0.113. The number of nitrogens with zero attached hydrogens (tertiary/aromatic N) is 1. The van der Waals surface area contributed by atoms with Crippen LogP contribution in [-0.2, 0) is 4.79 Å². The molecule has 1 aromatic heterocycles. The molecule has 2 atom stereocenters. The Labute approximate surface area is 128 Å². The lowest BCUT2D eigenvalue weighted by molar-refractivity contribution is -0.117. The summed E-state index contributed by atoms with van der Waals surface area (Å²) in [6.45, 7) is 2.10. The molecule has 22 heavy (non-hydrogen) atoms. The minimum Gasteiger partial charge on any atom is -0.436 e. The third kappa shape index (κ3) is 2.37. The van der Waals surface area contributed by atoms with E-state index in [2.05, 4.69) is 17.2 Å². The van der Waals surface area contributed by atoms with Crippen molar-refractivity contribution in [2.24, 2.45) is 11.8 Å². The summed E-state index contributed by atoms with van der Waals surface area (Å²) in [7, 11) is 0. The van der Waals surface area contributed by atoms with Crippen molar-refractivity contribution in [2.75, 3.05) is 5.32 Å². The monoisotopic (exact) mass is 292 g/mol. The zero-order valence-electron chi connectivity index (χ0n) is 12.2. The van der Waals surface area contributed by atoms with Gasteiger partial charge in [0.25, 0.3) is 0 Å². The first kappa shape index (κ1) is 13.1. The van der Waals surface area contributed by atoms with Crippen molar-refractivity contribution in [1.29, 1.82) is 0 Å². The molecule has 1 fully saturated rings. The van der Waals surface area contributed by atoms with Gasteiger partial charge < -0.3 is 9.73 Å². The van der Waals surface area contributed by atoms with Gasteiger partial charge in [-0.2, -0.15) is 0 Å². The van der Waals surface area contributed by atoms with Crippen molar-refractivity contribution in [3.63, 3.8) is 0 Å². The number of anilines is 1. The maximum atomic E-state index is 11.9. The Kier molecular flexibility index (Phi) is 2.96. The van der Waals surface area contributed by atoms with Crippen LogP contribution in [0.3, 0.4) is 0 Å². The van der Waals surface area contributed by atoms with E-state index in [0.29, 0.717) is 11.8 Å². The number of rotatable bonds is 3. The van der Waals surface area contributed by atoms with E-state index in [0.717, 1.165) is 28.8 Å². The third-order valence-corrected chi connectivity index (χ3v) is 4.14. The van der Waals surface area contributed by atoms with Crippen LogP contribution < -0.4 is 5.32 Å². The predicted molar refractivity (Wildman–Crippen MR) is 85.3 cm³/mol. The Morgan fingerprint density at radius 1 is 1.18 bits per heavy atom. The molecule has 0 spiro atoms. The maximum absolute atomic E-state index is 11.9. The van der Waals surface area contributed by atoms with Crippen LogP contribution in [0.25, 0.3) is 22.6 Å². The highest BCUT2D eigenvalue weighted by Crippen LogP contribution is 2.38. The van der Waals surface area contributed by atoms with E-state index in [9.17, 15) is 4.79 Å². The molecule has 0 radical (unpaired) electrons. The van der Waals surface area contributed by atoms with Crippen molar-refractivity contribution in [1.82, 2.24) is 4.98 Å². The number of fused-ring (bicyclic) bond motifs is 1. The molecule has 1 amide bonds.